The lowest BCUT2D eigenvalue weighted by Gasteiger charge is -2.08. The summed E-state index contributed by atoms with van der Waals surface area (Å²) in [6.45, 7) is 1.24. The van der Waals surface area contributed by atoms with E-state index < -0.39 is 0 Å². The van der Waals surface area contributed by atoms with Gasteiger partial charge in [0.1, 0.15) is 24.3 Å². The van der Waals surface area contributed by atoms with Crippen LogP contribution in [0, 0.1) is 22.7 Å². The van der Waals surface area contributed by atoms with Crippen LogP contribution in [0.15, 0.2) is 41.0 Å². The predicted molar refractivity (Wildman–Crippen MR) is 66.7 cm³/mol. The molecule has 1 aliphatic rings. The number of hydrogen-bond acceptors (Lipinski definition) is 5. The molecule has 0 spiro atoms. The molecule has 0 amide bonds. The van der Waals surface area contributed by atoms with Gasteiger partial charge < -0.3 is 10.1 Å². The first-order chi connectivity index (χ1) is 8.85. The van der Waals surface area contributed by atoms with Crippen molar-refractivity contribution in [3.63, 3.8) is 0 Å². The fourth-order valence-electron chi connectivity index (χ4n) is 1.53. The number of allylic oxidation sites excluding steroid dienone is 1. The van der Waals surface area contributed by atoms with Gasteiger partial charge in [0.25, 0.3) is 0 Å². The molecule has 1 N–H and O–H groups in total. The van der Waals surface area contributed by atoms with Crippen molar-refractivity contribution in [3.05, 3.63) is 41.6 Å². The van der Waals surface area contributed by atoms with Gasteiger partial charge in [0.15, 0.2) is 0 Å². The summed E-state index contributed by atoms with van der Waals surface area (Å²) in [6, 6.07) is 11.0. The van der Waals surface area contributed by atoms with Crippen molar-refractivity contribution < 1.29 is 4.74 Å². The third-order valence-electron chi connectivity index (χ3n) is 2.36. The van der Waals surface area contributed by atoms with Gasteiger partial charge in [-0.3, -0.25) is 0 Å². The second kappa shape index (κ2) is 5.51. The van der Waals surface area contributed by atoms with Crippen molar-refractivity contribution in [2.75, 3.05) is 18.5 Å². The largest absolute Gasteiger partial charge is 0.475 e. The monoisotopic (exact) mass is 238 g/mol. The molecule has 2 rings (SSSR count). The summed E-state index contributed by atoms with van der Waals surface area (Å²) in [6.07, 6.45) is 1.37. The quantitative estimate of drug-likeness (QED) is 0.814. The van der Waals surface area contributed by atoms with Gasteiger partial charge in [-0.2, -0.15) is 10.5 Å². The summed E-state index contributed by atoms with van der Waals surface area (Å²) in [5, 5.41) is 20.2. The van der Waals surface area contributed by atoms with Crippen LogP contribution in [0.3, 0.4) is 0 Å². The van der Waals surface area contributed by atoms with E-state index in [1.165, 1.54) is 6.20 Å². The van der Waals surface area contributed by atoms with E-state index in [0.717, 1.165) is 11.3 Å². The molecule has 1 heterocycles. The Labute approximate surface area is 105 Å². The number of benzene rings is 1. The van der Waals surface area contributed by atoms with Gasteiger partial charge in [0, 0.05) is 6.20 Å². The molecule has 0 atom stereocenters. The van der Waals surface area contributed by atoms with Gasteiger partial charge in [-0.1, -0.05) is 12.1 Å². The highest BCUT2D eigenvalue weighted by Gasteiger charge is 2.13. The highest BCUT2D eigenvalue weighted by atomic mass is 16.5. The summed E-state index contributed by atoms with van der Waals surface area (Å²) in [5.41, 5.74) is 1.58. The summed E-state index contributed by atoms with van der Waals surface area (Å²) in [7, 11) is 0. The van der Waals surface area contributed by atoms with E-state index >= 15 is 0 Å². The molecule has 0 fully saturated rings. The molecule has 5 nitrogen and oxygen atoms in total. The molecule has 1 aliphatic heterocycles. The topological polar surface area (TPSA) is 81.2 Å². The molecule has 88 valence electrons. The Hall–Kier alpha value is -2.79. The van der Waals surface area contributed by atoms with E-state index in [-0.39, 0.29) is 5.57 Å². The molecular weight excluding hydrogens is 228 g/mol. The third kappa shape index (κ3) is 2.47. The minimum atomic E-state index is 0.0130. The van der Waals surface area contributed by atoms with Gasteiger partial charge >= 0.3 is 0 Å². The van der Waals surface area contributed by atoms with Crippen molar-refractivity contribution in [2.24, 2.45) is 4.99 Å². The van der Waals surface area contributed by atoms with Crippen LogP contribution in [0.5, 0.6) is 0 Å². The molecule has 0 bridgehead atoms. The molecule has 0 radical (unpaired) electrons. The fourth-order valence-corrected chi connectivity index (χ4v) is 1.53. The van der Waals surface area contributed by atoms with Crippen molar-refractivity contribution in [1.82, 2.24) is 0 Å². The molecule has 0 aliphatic carbocycles. The maximum atomic E-state index is 8.66. The van der Waals surface area contributed by atoms with E-state index in [1.54, 1.807) is 12.1 Å². The van der Waals surface area contributed by atoms with E-state index in [0.29, 0.717) is 19.0 Å². The van der Waals surface area contributed by atoms with Crippen LogP contribution in [0.4, 0.5) is 5.69 Å². The maximum Gasteiger partial charge on any atom is 0.218 e. The minimum absolute atomic E-state index is 0.0130. The highest BCUT2D eigenvalue weighted by Crippen LogP contribution is 2.18. The minimum Gasteiger partial charge on any atom is -0.475 e. The SMILES string of the molecule is N#CC(C#N)=CNc1ccccc1C1=NCCO1. The second-order valence-corrected chi connectivity index (χ2v) is 3.51. The average molecular weight is 238 g/mol. The molecular formula is C13H10N4O. The van der Waals surface area contributed by atoms with Gasteiger partial charge in [-0.25, -0.2) is 4.99 Å². The first-order valence-electron chi connectivity index (χ1n) is 5.38. The Morgan fingerprint density at radius 2 is 2.11 bits per heavy atom. The van der Waals surface area contributed by atoms with Crippen molar-refractivity contribution in [3.8, 4) is 12.1 Å². The van der Waals surface area contributed by atoms with E-state index in [4.69, 9.17) is 15.3 Å². The van der Waals surface area contributed by atoms with Gasteiger partial charge in [0.05, 0.1) is 17.8 Å². The van der Waals surface area contributed by atoms with Crippen LogP contribution in [-0.2, 0) is 4.74 Å². The molecule has 5 heteroatoms. The Bertz CT molecular complexity index is 574. The molecule has 0 saturated carbocycles. The van der Waals surface area contributed by atoms with Crippen LogP contribution in [-0.4, -0.2) is 19.0 Å². The molecule has 0 saturated heterocycles. The summed E-state index contributed by atoms with van der Waals surface area (Å²) in [5.74, 6) is 0.585. The standard InChI is InChI=1S/C13H10N4O/c14-7-10(8-15)9-17-12-4-2-1-3-11(12)13-16-5-6-18-13/h1-4,9,17H,5-6H2. The Morgan fingerprint density at radius 1 is 1.33 bits per heavy atom. The van der Waals surface area contributed by atoms with Gasteiger partial charge in [0.2, 0.25) is 5.90 Å². The normalized spacial score (nSPS) is 12.7. The molecule has 18 heavy (non-hydrogen) atoms. The summed E-state index contributed by atoms with van der Waals surface area (Å²) >= 11 is 0. The van der Waals surface area contributed by atoms with Crippen molar-refractivity contribution >= 4 is 11.6 Å². The lowest BCUT2D eigenvalue weighted by molar-refractivity contribution is 0.348. The number of nitriles is 2. The smallest absolute Gasteiger partial charge is 0.218 e. The number of hydrogen-bond donors (Lipinski definition) is 1. The van der Waals surface area contributed by atoms with Crippen molar-refractivity contribution in [2.45, 2.75) is 0 Å². The maximum absolute atomic E-state index is 8.66. The first-order valence-corrected chi connectivity index (χ1v) is 5.38. The zero-order valence-corrected chi connectivity index (χ0v) is 9.55. The first kappa shape index (κ1) is 11.7. The van der Waals surface area contributed by atoms with Crippen LogP contribution < -0.4 is 5.32 Å². The third-order valence-corrected chi connectivity index (χ3v) is 2.36. The number of nitrogens with one attached hydrogen (secondary N) is 1. The number of ether oxygens (including phenoxy) is 1. The molecule has 0 unspecified atom stereocenters. The summed E-state index contributed by atoms with van der Waals surface area (Å²) in [4.78, 5) is 4.24. The Kier molecular flexibility index (Phi) is 3.58. The van der Waals surface area contributed by atoms with Gasteiger partial charge in [-0.15, -0.1) is 0 Å². The lowest BCUT2D eigenvalue weighted by atomic mass is 10.1. The lowest BCUT2D eigenvalue weighted by Crippen LogP contribution is -2.05. The number of rotatable bonds is 3. The summed E-state index contributed by atoms with van der Waals surface area (Å²) < 4.78 is 5.40. The van der Waals surface area contributed by atoms with Crippen LogP contribution in [0.1, 0.15) is 5.56 Å². The number of nitrogens with zero attached hydrogens (tertiary/aromatic N) is 3. The van der Waals surface area contributed by atoms with Crippen LogP contribution >= 0.6 is 0 Å². The zero-order valence-electron chi connectivity index (χ0n) is 9.55. The highest BCUT2D eigenvalue weighted by molar-refractivity contribution is 6.00. The number of anilines is 1. The second-order valence-electron chi connectivity index (χ2n) is 3.51. The number of para-hydroxylation sites is 1. The predicted octanol–water partition coefficient (Wildman–Crippen LogP) is 1.81. The Balaban J connectivity index is 2.27. The molecule has 1 aromatic carbocycles. The van der Waals surface area contributed by atoms with Crippen molar-refractivity contribution in [1.29, 1.82) is 10.5 Å². The van der Waals surface area contributed by atoms with E-state index in [2.05, 4.69) is 10.3 Å². The molecule has 1 aromatic rings. The van der Waals surface area contributed by atoms with E-state index in [9.17, 15) is 0 Å². The Morgan fingerprint density at radius 3 is 2.78 bits per heavy atom. The van der Waals surface area contributed by atoms with Crippen LogP contribution in [0.2, 0.25) is 0 Å². The zero-order chi connectivity index (χ0) is 12.8. The fraction of sp³-hybridized carbons (Fsp3) is 0.154. The van der Waals surface area contributed by atoms with Crippen LogP contribution in [0.25, 0.3) is 0 Å². The van der Waals surface area contributed by atoms with E-state index in [1.807, 2.05) is 24.3 Å². The molecule has 0 aromatic heterocycles. The van der Waals surface area contributed by atoms with Gasteiger partial charge in [-0.05, 0) is 12.1 Å². The number of aliphatic imine (C=N–C) groups is 1. The average Bonchev–Trinajstić information content (AvgIpc) is 2.94.